The highest BCUT2D eigenvalue weighted by Gasteiger charge is 2.36. The number of carbonyl (C=O) groups is 2. The van der Waals surface area contributed by atoms with Gasteiger partial charge in [-0.2, -0.15) is 0 Å². The second-order valence-electron chi connectivity index (χ2n) is 6.94. The Labute approximate surface area is 165 Å². The highest BCUT2D eigenvalue weighted by atomic mass is 35.5. The predicted octanol–water partition coefficient (Wildman–Crippen LogP) is 4.76. The molecule has 0 radical (unpaired) electrons. The summed E-state index contributed by atoms with van der Waals surface area (Å²) in [7, 11) is 0. The number of anilines is 2. The van der Waals surface area contributed by atoms with E-state index in [4.69, 9.17) is 11.6 Å². The SMILES string of the molecule is CCc1cccc(CC)c1NC(=O)C1CC(=O)N(c2cccc(Cl)c2C)C1. The van der Waals surface area contributed by atoms with E-state index in [9.17, 15) is 9.59 Å². The quantitative estimate of drug-likeness (QED) is 0.807. The molecule has 1 atom stereocenters. The zero-order valence-corrected chi connectivity index (χ0v) is 16.8. The third-order valence-corrected chi connectivity index (χ3v) is 5.68. The van der Waals surface area contributed by atoms with Crippen molar-refractivity contribution in [2.75, 3.05) is 16.8 Å². The van der Waals surface area contributed by atoms with Crippen molar-refractivity contribution in [2.24, 2.45) is 5.92 Å². The number of aryl methyl sites for hydroxylation is 2. The first-order chi connectivity index (χ1) is 13.0. The molecule has 0 bridgehead atoms. The highest BCUT2D eigenvalue weighted by molar-refractivity contribution is 6.31. The molecule has 1 aliphatic rings. The van der Waals surface area contributed by atoms with Gasteiger partial charge in [-0.05, 0) is 48.6 Å². The largest absolute Gasteiger partial charge is 0.325 e. The first-order valence-electron chi connectivity index (χ1n) is 9.43. The van der Waals surface area contributed by atoms with Crippen molar-refractivity contribution in [3.63, 3.8) is 0 Å². The summed E-state index contributed by atoms with van der Waals surface area (Å²) in [5, 5.41) is 3.72. The number of para-hydroxylation sites is 1. The number of rotatable bonds is 5. The van der Waals surface area contributed by atoms with Crippen LogP contribution in [-0.2, 0) is 22.4 Å². The average molecular weight is 385 g/mol. The molecule has 1 heterocycles. The fraction of sp³-hybridized carbons (Fsp3) is 0.364. The minimum Gasteiger partial charge on any atom is -0.325 e. The molecule has 2 aromatic carbocycles. The van der Waals surface area contributed by atoms with Crippen LogP contribution in [0.2, 0.25) is 5.02 Å². The van der Waals surface area contributed by atoms with Gasteiger partial charge < -0.3 is 10.2 Å². The molecule has 1 N–H and O–H groups in total. The second-order valence-corrected chi connectivity index (χ2v) is 7.34. The molecule has 5 heteroatoms. The molecule has 0 aromatic heterocycles. The van der Waals surface area contributed by atoms with Gasteiger partial charge in [0.1, 0.15) is 0 Å². The number of carbonyl (C=O) groups excluding carboxylic acids is 2. The van der Waals surface area contributed by atoms with Gasteiger partial charge >= 0.3 is 0 Å². The van der Waals surface area contributed by atoms with Gasteiger partial charge in [0.25, 0.3) is 0 Å². The van der Waals surface area contributed by atoms with Crippen LogP contribution in [0.3, 0.4) is 0 Å². The Bertz CT molecular complexity index is 856. The lowest BCUT2D eigenvalue weighted by molar-refractivity contribution is -0.122. The molecular formula is C22H25ClN2O2. The Hall–Kier alpha value is -2.33. The summed E-state index contributed by atoms with van der Waals surface area (Å²) in [5.74, 6) is -0.508. The number of halogens is 1. The molecular weight excluding hydrogens is 360 g/mol. The number of hydrogen-bond acceptors (Lipinski definition) is 2. The zero-order chi connectivity index (χ0) is 19.6. The zero-order valence-electron chi connectivity index (χ0n) is 16.0. The highest BCUT2D eigenvalue weighted by Crippen LogP contribution is 2.32. The predicted molar refractivity (Wildman–Crippen MR) is 110 cm³/mol. The molecule has 1 aliphatic heterocycles. The van der Waals surface area contributed by atoms with E-state index in [2.05, 4.69) is 19.2 Å². The van der Waals surface area contributed by atoms with Gasteiger partial charge in [-0.1, -0.05) is 49.7 Å². The maximum atomic E-state index is 12.9. The van der Waals surface area contributed by atoms with Crippen LogP contribution in [0.5, 0.6) is 0 Å². The molecule has 3 rings (SSSR count). The van der Waals surface area contributed by atoms with E-state index in [-0.39, 0.29) is 24.2 Å². The monoisotopic (exact) mass is 384 g/mol. The van der Waals surface area contributed by atoms with Gasteiger partial charge in [-0.15, -0.1) is 0 Å². The fourth-order valence-electron chi connectivity index (χ4n) is 3.63. The summed E-state index contributed by atoms with van der Waals surface area (Å²) in [5.41, 5.74) is 4.78. The van der Waals surface area contributed by atoms with Crippen LogP contribution in [0.15, 0.2) is 36.4 Å². The van der Waals surface area contributed by atoms with Gasteiger partial charge in [0.05, 0.1) is 5.92 Å². The van der Waals surface area contributed by atoms with E-state index < -0.39 is 0 Å². The maximum Gasteiger partial charge on any atom is 0.229 e. The Morgan fingerprint density at radius 3 is 2.41 bits per heavy atom. The number of benzene rings is 2. The summed E-state index contributed by atoms with van der Waals surface area (Å²) in [4.78, 5) is 27.1. The standard InChI is InChI=1S/C22H25ClN2O2/c1-4-15-8-6-9-16(5-2)21(15)24-22(27)17-12-20(26)25(13-17)19-11-7-10-18(23)14(19)3/h6-11,17H,4-5,12-13H2,1-3H3,(H,24,27). The lowest BCUT2D eigenvalue weighted by Gasteiger charge is -2.20. The molecule has 0 aliphatic carbocycles. The molecule has 1 saturated heterocycles. The Morgan fingerprint density at radius 2 is 1.78 bits per heavy atom. The number of hydrogen-bond donors (Lipinski definition) is 1. The summed E-state index contributed by atoms with van der Waals surface area (Å²) in [6, 6.07) is 11.6. The van der Waals surface area contributed by atoms with Gasteiger partial charge in [-0.25, -0.2) is 0 Å². The first kappa shape index (κ1) is 19.4. The van der Waals surface area contributed by atoms with Crippen molar-refractivity contribution >= 4 is 34.8 Å². The summed E-state index contributed by atoms with van der Waals surface area (Å²) >= 11 is 6.20. The number of nitrogens with zero attached hydrogens (tertiary/aromatic N) is 1. The number of amides is 2. The van der Waals surface area contributed by atoms with Gasteiger partial charge in [0.2, 0.25) is 11.8 Å². The van der Waals surface area contributed by atoms with Crippen molar-refractivity contribution in [3.05, 3.63) is 58.1 Å². The molecule has 142 valence electrons. The molecule has 1 unspecified atom stereocenters. The summed E-state index contributed by atoms with van der Waals surface area (Å²) in [6.45, 7) is 6.42. The smallest absolute Gasteiger partial charge is 0.229 e. The third kappa shape index (κ3) is 3.86. The van der Waals surface area contributed by atoms with E-state index in [1.165, 1.54) is 0 Å². The van der Waals surface area contributed by atoms with Gasteiger partial charge in [0.15, 0.2) is 0 Å². The van der Waals surface area contributed by atoms with Crippen molar-refractivity contribution < 1.29 is 9.59 Å². The van der Waals surface area contributed by atoms with Crippen LogP contribution in [-0.4, -0.2) is 18.4 Å². The molecule has 4 nitrogen and oxygen atoms in total. The van der Waals surface area contributed by atoms with Crippen molar-refractivity contribution in [3.8, 4) is 0 Å². The molecule has 27 heavy (non-hydrogen) atoms. The number of nitrogens with one attached hydrogen (secondary N) is 1. The van der Waals surface area contributed by atoms with E-state index in [1.54, 1.807) is 11.0 Å². The third-order valence-electron chi connectivity index (χ3n) is 5.27. The minimum atomic E-state index is -0.370. The van der Waals surface area contributed by atoms with E-state index in [1.807, 2.05) is 37.3 Å². The maximum absolute atomic E-state index is 12.9. The normalized spacial score (nSPS) is 16.7. The van der Waals surface area contributed by atoms with Crippen molar-refractivity contribution in [1.29, 1.82) is 0 Å². The Balaban J connectivity index is 1.80. The minimum absolute atomic E-state index is 0.0417. The summed E-state index contributed by atoms with van der Waals surface area (Å²) in [6.07, 6.45) is 1.91. The van der Waals surface area contributed by atoms with Gasteiger partial charge in [-0.3, -0.25) is 9.59 Å². The lowest BCUT2D eigenvalue weighted by Crippen LogP contribution is -2.29. The molecule has 1 fully saturated rings. The first-order valence-corrected chi connectivity index (χ1v) is 9.81. The van der Waals surface area contributed by atoms with Crippen LogP contribution in [0.1, 0.15) is 37.0 Å². The van der Waals surface area contributed by atoms with E-state index >= 15 is 0 Å². The van der Waals surface area contributed by atoms with E-state index in [0.717, 1.165) is 40.9 Å². The van der Waals surface area contributed by atoms with Crippen LogP contribution in [0.25, 0.3) is 0 Å². The topological polar surface area (TPSA) is 49.4 Å². The second kappa shape index (κ2) is 8.13. The fourth-order valence-corrected chi connectivity index (χ4v) is 3.80. The molecule has 0 spiro atoms. The Morgan fingerprint density at radius 1 is 1.15 bits per heavy atom. The van der Waals surface area contributed by atoms with Crippen molar-refractivity contribution in [2.45, 2.75) is 40.0 Å². The lowest BCUT2D eigenvalue weighted by atomic mass is 10.0. The van der Waals surface area contributed by atoms with E-state index in [0.29, 0.717) is 11.6 Å². The Kier molecular flexibility index (Phi) is 5.85. The molecule has 0 saturated carbocycles. The summed E-state index contributed by atoms with van der Waals surface area (Å²) < 4.78 is 0. The van der Waals surface area contributed by atoms with Crippen LogP contribution >= 0.6 is 11.6 Å². The molecule has 2 amide bonds. The van der Waals surface area contributed by atoms with Gasteiger partial charge in [0, 0.05) is 29.4 Å². The van der Waals surface area contributed by atoms with Crippen molar-refractivity contribution in [1.82, 2.24) is 0 Å². The van der Waals surface area contributed by atoms with Crippen LogP contribution in [0.4, 0.5) is 11.4 Å². The van der Waals surface area contributed by atoms with Crippen LogP contribution in [0, 0.1) is 12.8 Å². The molecule has 2 aromatic rings. The average Bonchev–Trinajstić information content (AvgIpc) is 3.05. The van der Waals surface area contributed by atoms with Crippen LogP contribution < -0.4 is 10.2 Å².